The van der Waals surface area contributed by atoms with Crippen LogP contribution in [0.5, 0.6) is 0 Å². The predicted molar refractivity (Wildman–Crippen MR) is 75.6 cm³/mol. The van der Waals surface area contributed by atoms with Crippen molar-refractivity contribution in [3.63, 3.8) is 0 Å². The molecule has 0 saturated carbocycles. The first kappa shape index (κ1) is 14.3. The molecule has 7 heteroatoms. The Bertz CT molecular complexity index is 493. The fourth-order valence-corrected chi connectivity index (χ4v) is 4.14. The third-order valence-electron chi connectivity index (χ3n) is 2.98. The van der Waals surface area contributed by atoms with E-state index >= 15 is 0 Å². The lowest BCUT2D eigenvalue weighted by molar-refractivity contribution is 0.201. The highest BCUT2D eigenvalue weighted by atomic mass is 35.5. The van der Waals surface area contributed by atoms with Crippen LogP contribution in [0.15, 0.2) is 12.1 Å². The number of halogens is 1. The van der Waals surface area contributed by atoms with Crippen LogP contribution in [0.2, 0.25) is 4.34 Å². The van der Waals surface area contributed by atoms with E-state index < -0.39 is 10.0 Å². The molecule has 1 fully saturated rings. The number of piperidine rings is 1. The van der Waals surface area contributed by atoms with Crippen LogP contribution in [-0.4, -0.2) is 38.7 Å². The van der Waals surface area contributed by atoms with E-state index in [4.69, 9.17) is 11.6 Å². The third kappa shape index (κ3) is 4.51. The molecule has 1 aliphatic heterocycles. The van der Waals surface area contributed by atoms with Crippen molar-refractivity contribution in [3.8, 4) is 0 Å². The monoisotopic (exact) mass is 308 g/mol. The molecule has 0 radical (unpaired) electrons. The number of likely N-dealkylation sites (tertiary alicyclic amines) is 1. The molecular formula is C11H17ClN2O2S2. The third-order valence-corrected chi connectivity index (χ3v) is 4.95. The zero-order chi connectivity index (χ0) is 13.2. The van der Waals surface area contributed by atoms with E-state index in [1.165, 1.54) is 11.1 Å². The van der Waals surface area contributed by atoms with Gasteiger partial charge < -0.3 is 0 Å². The van der Waals surface area contributed by atoms with Crippen molar-refractivity contribution < 1.29 is 8.42 Å². The fourth-order valence-electron chi connectivity index (χ4n) is 2.17. The van der Waals surface area contributed by atoms with Gasteiger partial charge >= 0.3 is 0 Å². The normalized spacial score (nSPS) is 19.2. The van der Waals surface area contributed by atoms with Crippen molar-refractivity contribution in [1.82, 2.24) is 9.62 Å². The number of nitrogens with zero attached hydrogens (tertiary/aromatic N) is 1. The topological polar surface area (TPSA) is 49.4 Å². The first-order valence-corrected chi connectivity index (χ1v) is 8.95. The minimum absolute atomic E-state index is 0.0863. The van der Waals surface area contributed by atoms with Gasteiger partial charge in [-0.25, -0.2) is 13.1 Å². The van der Waals surface area contributed by atoms with E-state index in [0.717, 1.165) is 36.8 Å². The van der Waals surface area contributed by atoms with E-state index in [-0.39, 0.29) is 6.04 Å². The summed E-state index contributed by atoms with van der Waals surface area (Å²) >= 11 is 7.50. The molecule has 18 heavy (non-hydrogen) atoms. The van der Waals surface area contributed by atoms with Gasteiger partial charge in [-0.1, -0.05) is 11.6 Å². The lowest BCUT2D eigenvalue weighted by Gasteiger charge is -2.31. The molecule has 0 amide bonds. The minimum Gasteiger partial charge on any atom is -0.298 e. The van der Waals surface area contributed by atoms with Crippen LogP contribution in [0.3, 0.4) is 0 Å². The summed E-state index contributed by atoms with van der Waals surface area (Å²) in [6.45, 7) is 2.74. The molecule has 4 nitrogen and oxygen atoms in total. The Balaban J connectivity index is 1.80. The average Bonchev–Trinajstić information content (AvgIpc) is 2.65. The maximum Gasteiger partial charge on any atom is 0.208 e. The van der Waals surface area contributed by atoms with Crippen molar-refractivity contribution in [2.75, 3.05) is 19.3 Å². The van der Waals surface area contributed by atoms with Crippen molar-refractivity contribution in [3.05, 3.63) is 21.3 Å². The highest BCUT2D eigenvalue weighted by Gasteiger charge is 2.21. The molecular weight excluding hydrogens is 292 g/mol. The van der Waals surface area contributed by atoms with Crippen molar-refractivity contribution >= 4 is 33.0 Å². The summed E-state index contributed by atoms with van der Waals surface area (Å²) in [6, 6.07) is 4.05. The number of nitrogens with one attached hydrogen (secondary N) is 1. The van der Waals surface area contributed by atoms with Gasteiger partial charge in [-0.3, -0.25) is 4.90 Å². The molecule has 1 N–H and O–H groups in total. The van der Waals surface area contributed by atoms with Crippen molar-refractivity contribution in [2.24, 2.45) is 0 Å². The molecule has 102 valence electrons. The largest absolute Gasteiger partial charge is 0.298 e. The summed E-state index contributed by atoms with van der Waals surface area (Å²) in [5.74, 6) is 0. The van der Waals surface area contributed by atoms with Gasteiger partial charge in [0.1, 0.15) is 0 Å². The second kappa shape index (κ2) is 5.88. The van der Waals surface area contributed by atoms with Gasteiger partial charge in [-0.05, 0) is 25.0 Å². The maximum absolute atomic E-state index is 11.1. The Labute approximate surface area is 117 Å². The van der Waals surface area contributed by atoms with Crippen LogP contribution in [0, 0.1) is 0 Å². The lowest BCUT2D eigenvalue weighted by Crippen LogP contribution is -2.43. The molecule has 0 aliphatic carbocycles. The molecule has 1 saturated heterocycles. The Morgan fingerprint density at radius 2 is 2.11 bits per heavy atom. The van der Waals surface area contributed by atoms with Gasteiger partial charge in [-0.2, -0.15) is 0 Å². The summed E-state index contributed by atoms with van der Waals surface area (Å²) in [5.41, 5.74) is 0. The quantitative estimate of drug-likeness (QED) is 0.924. The SMILES string of the molecule is CS(=O)(=O)NC1CCN(Cc2ccc(Cl)s2)CC1. The van der Waals surface area contributed by atoms with E-state index in [0.29, 0.717) is 0 Å². The number of sulfonamides is 1. The maximum atomic E-state index is 11.1. The van der Waals surface area contributed by atoms with Gasteiger partial charge in [0.05, 0.1) is 10.6 Å². The number of rotatable bonds is 4. The van der Waals surface area contributed by atoms with Gasteiger partial charge in [0, 0.05) is 30.6 Å². The molecule has 1 aliphatic rings. The first-order chi connectivity index (χ1) is 8.42. The van der Waals surface area contributed by atoms with Crippen LogP contribution in [-0.2, 0) is 16.6 Å². The van der Waals surface area contributed by atoms with Gasteiger partial charge in [0.2, 0.25) is 10.0 Å². The lowest BCUT2D eigenvalue weighted by atomic mass is 10.1. The zero-order valence-corrected chi connectivity index (χ0v) is 12.6. The minimum atomic E-state index is -3.08. The second-order valence-electron chi connectivity index (χ2n) is 4.65. The molecule has 1 aromatic heterocycles. The standard InChI is InChI=1S/C11H17ClN2O2S2/c1-18(15,16)13-9-4-6-14(7-5-9)8-10-2-3-11(12)17-10/h2-3,9,13H,4-8H2,1H3. The molecule has 1 aromatic rings. The Morgan fingerprint density at radius 3 is 2.61 bits per heavy atom. The number of hydrogen-bond acceptors (Lipinski definition) is 4. The Morgan fingerprint density at radius 1 is 1.44 bits per heavy atom. The summed E-state index contributed by atoms with van der Waals surface area (Å²) in [6.07, 6.45) is 2.95. The highest BCUT2D eigenvalue weighted by molar-refractivity contribution is 7.88. The molecule has 0 spiro atoms. The zero-order valence-electron chi connectivity index (χ0n) is 10.2. The number of thiophene rings is 1. The number of hydrogen-bond donors (Lipinski definition) is 1. The van der Waals surface area contributed by atoms with Crippen LogP contribution < -0.4 is 4.72 Å². The van der Waals surface area contributed by atoms with Crippen LogP contribution in [0.25, 0.3) is 0 Å². The smallest absolute Gasteiger partial charge is 0.208 e. The fraction of sp³-hybridized carbons (Fsp3) is 0.636. The molecule has 0 atom stereocenters. The molecule has 0 aromatic carbocycles. The summed E-state index contributed by atoms with van der Waals surface area (Å²) in [5, 5.41) is 0. The molecule has 0 bridgehead atoms. The summed E-state index contributed by atoms with van der Waals surface area (Å²) in [7, 11) is -3.08. The van der Waals surface area contributed by atoms with Gasteiger partial charge in [-0.15, -0.1) is 11.3 Å². The van der Waals surface area contributed by atoms with Crippen molar-refractivity contribution in [2.45, 2.75) is 25.4 Å². The van der Waals surface area contributed by atoms with E-state index in [2.05, 4.69) is 9.62 Å². The van der Waals surface area contributed by atoms with E-state index in [1.807, 2.05) is 12.1 Å². The molecule has 2 heterocycles. The van der Waals surface area contributed by atoms with E-state index in [1.54, 1.807) is 11.3 Å². The predicted octanol–water partition coefficient (Wildman–Crippen LogP) is 1.92. The molecule has 2 rings (SSSR count). The van der Waals surface area contributed by atoms with Gasteiger partial charge in [0.15, 0.2) is 0 Å². The second-order valence-corrected chi connectivity index (χ2v) is 8.23. The summed E-state index contributed by atoms with van der Waals surface area (Å²) < 4.78 is 25.8. The average molecular weight is 309 g/mol. The van der Waals surface area contributed by atoms with Crippen LogP contribution >= 0.6 is 22.9 Å². The Kier molecular flexibility index (Phi) is 4.66. The molecule has 0 unspecified atom stereocenters. The highest BCUT2D eigenvalue weighted by Crippen LogP contribution is 2.24. The van der Waals surface area contributed by atoms with Crippen LogP contribution in [0.4, 0.5) is 0 Å². The van der Waals surface area contributed by atoms with Crippen molar-refractivity contribution in [1.29, 1.82) is 0 Å². The van der Waals surface area contributed by atoms with Crippen LogP contribution in [0.1, 0.15) is 17.7 Å². The Hall–Kier alpha value is -0.140. The van der Waals surface area contributed by atoms with Gasteiger partial charge in [0.25, 0.3) is 0 Å². The van der Waals surface area contributed by atoms with E-state index in [9.17, 15) is 8.42 Å². The first-order valence-electron chi connectivity index (χ1n) is 5.86. The summed E-state index contributed by atoms with van der Waals surface area (Å²) in [4.78, 5) is 3.59.